The number of nitrogens with one attached hydrogen (secondary N) is 1. The van der Waals surface area contributed by atoms with Crippen LogP contribution in [0.4, 0.5) is 0 Å². The second-order valence-electron chi connectivity index (χ2n) is 9.32. The number of carbonyl (C=O) groups is 2. The maximum atomic E-state index is 13.1. The van der Waals surface area contributed by atoms with Crippen molar-refractivity contribution in [2.75, 3.05) is 7.11 Å². The molecule has 0 aromatic heterocycles. The first-order chi connectivity index (χ1) is 14.8. The van der Waals surface area contributed by atoms with Crippen LogP contribution in [0.1, 0.15) is 63.9 Å². The number of benzene rings is 1. The molecule has 3 aliphatic rings. The van der Waals surface area contributed by atoms with E-state index < -0.39 is 10.0 Å². The van der Waals surface area contributed by atoms with Gasteiger partial charge in [-0.25, -0.2) is 13.1 Å². The van der Waals surface area contributed by atoms with Crippen LogP contribution in [-0.4, -0.2) is 38.3 Å². The van der Waals surface area contributed by atoms with Gasteiger partial charge in [0.15, 0.2) is 0 Å². The minimum atomic E-state index is -3.79. The van der Waals surface area contributed by atoms with Crippen molar-refractivity contribution in [1.82, 2.24) is 9.62 Å². The van der Waals surface area contributed by atoms with E-state index in [1.54, 1.807) is 12.1 Å². The molecule has 1 aromatic rings. The highest BCUT2D eigenvalue weighted by atomic mass is 32.2. The smallest absolute Gasteiger partial charge is 0.244 e. The fourth-order valence-corrected chi connectivity index (χ4v) is 6.78. The molecule has 1 N–H and O–H groups in total. The number of hydrogen-bond acceptors (Lipinski definition) is 5. The van der Waals surface area contributed by atoms with E-state index in [-0.39, 0.29) is 46.9 Å². The molecular formula is C23H32N2O5S. The summed E-state index contributed by atoms with van der Waals surface area (Å²) >= 11 is 0. The number of sulfonamides is 1. The van der Waals surface area contributed by atoms with Gasteiger partial charge >= 0.3 is 0 Å². The lowest BCUT2D eigenvalue weighted by Crippen LogP contribution is -2.37. The summed E-state index contributed by atoms with van der Waals surface area (Å²) in [7, 11) is -2.35. The van der Waals surface area contributed by atoms with Crippen molar-refractivity contribution in [1.29, 1.82) is 0 Å². The summed E-state index contributed by atoms with van der Waals surface area (Å²) in [6, 6.07) is 4.78. The highest BCUT2D eigenvalue weighted by molar-refractivity contribution is 7.89. The predicted molar refractivity (Wildman–Crippen MR) is 116 cm³/mol. The lowest BCUT2D eigenvalue weighted by molar-refractivity contribution is -0.140. The molecule has 31 heavy (non-hydrogen) atoms. The highest BCUT2D eigenvalue weighted by Gasteiger charge is 2.48. The molecule has 4 rings (SSSR count). The standard InChI is InChI=1S/C23H32N2O5S/c1-15-7-10-17(11-8-15)24-31(28,29)21-13-16(9-12-20(21)30-2)14-25-22(26)18-5-3-4-6-19(18)23(25)27/h9,12-13,15,17-19,24H,3-8,10-11,14H2,1-2H3/t15?,17?,18-,19-/m1/s1. The lowest BCUT2D eigenvalue weighted by atomic mass is 9.81. The van der Waals surface area contributed by atoms with Crippen LogP contribution >= 0.6 is 0 Å². The molecular weight excluding hydrogens is 416 g/mol. The maximum Gasteiger partial charge on any atom is 0.244 e. The van der Waals surface area contributed by atoms with Crippen LogP contribution < -0.4 is 9.46 Å². The number of hydrogen-bond donors (Lipinski definition) is 1. The van der Waals surface area contributed by atoms with Gasteiger partial charge in [0, 0.05) is 6.04 Å². The van der Waals surface area contributed by atoms with E-state index in [9.17, 15) is 18.0 Å². The van der Waals surface area contributed by atoms with Crippen molar-refractivity contribution in [3.8, 4) is 5.75 Å². The van der Waals surface area contributed by atoms with E-state index in [1.807, 2.05) is 0 Å². The van der Waals surface area contributed by atoms with Gasteiger partial charge in [-0.2, -0.15) is 0 Å². The van der Waals surface area contributed by atoms with E-state index in [2.05, 4.69) is 11.6 Å². The Morgan fingerprint density at radius 2 is 1.61 bits per heavy atom. The number of imide groups is 1. The molecule has 3 fully saturated rings. The third-order valence-electron chi connectivity index (χ3n) is 7.13. The molecule has 0 unspecified atom stereocenters. The summed E-state index contributed by atoms with van der Waals surface area (Å²) in [5.74, 6) is 0.218. The maximum absolute atomic E-state index is 13.1. The quantitative estimate of drug-likeness (QED) is 0.675. The molecule has 170 valence electrons. The van der Waals surface area contributed by atoms with Crippen molar-refractivity contribution >= 4 is 21.8 Å². The van der Waals surface area contributed by atoms with E-state index >= 15 is 0 Å². The largest absolute Gasteiger partial charge is 0.495 e. The van der Waals surface area contributed by atoms with Gasteiger partial charge in [0.05, 0.1) is 25.5 Å². The van der Waals surface area contributed by atoms with Gasteiger partial charge in [0.25, 0.3) is 0 Å². The van der Waals surface area contributed by atoms with Crippen LogP contribution in [0.2, 0.25) is 0 Å². The fourth-order valence-electron chi connectivity index (χ4n) is 5.26. The first kappa shape index (κ1) is 22.3. The van der Waals surface area contributed by atoms with Crippen LogP contribution in [0.15, 0.2) is 23.1 Å². The van der Waals surface area contributed by atoms with Gasteiger partial charge in [0.1, 0.15) is 10.6 Å². The molecule has 0 bridgehead atoms. The lowest BCUT2D eigenvalue weighted by Gasteiger charge is -2.27. The Labute approximate surface area is 184 Å². The summed E-state index contributed by atoms with van der Waals surface area (Å²) in [5.41, 5.74) is 0.610. The average molecular weight is 449 g/mol. The number of methoxy groups -OCH3 is 1. The minimum absolute atomic E-state index is 0.0580. The topological polar surface area (TPSA) is 92.8 Å². The van der Waals surface area contributed by atoms with Crippen molar-refractivity contribution in [3.63, 3.8) is 0 Å². The number of fused-ring (bicyclic) bond motifs is 1. The van der Waals surface area contributed by atoms with Gasteiger partial charge < -0.3 is 4.74 Å². The number of nitrogens with zero attached hydrogens (tertiary/aromatic N) is 1. The highest BCUT2D eigenvalue weighted by Crippen LogP contribution is 2.39. The van der Waals surface area contributed by atoms with E-state index in [0.717, 1.165) is 51.4 Å². The Balaban J connectivity index is 1.55. The zero-order chi connectivity index (χ0) is 22.2. The molecule has 1 aliphatic heterocycles. The summed E-state index contributed by atoms with van der Waals surface area (Å²) in [4.78, 5) is 27.0. The Morgan fingerprint density at radius 1 is 1.00 bits per heavy atom. The number of amides is 2. The van der Waals surface area contributed by atoms with E-state index in [1.165, 1.54) is 18.1 Å². The van der Waals surface area contributed by atoms with Crippen LogP contribution in [0.3, 0.4) is 0 Å². The van der Waals surface area contributed by atoms with E-state index in [4.69, 9.17) is 4.74 Å². The zero-order valence-corrected chi connectivity index (χ0v) is 19.1. The van der Waals surface area contributed by atoms with Crippen molar-refractivity contribution in [2.45, 2.75) is 75.8 Å². The number of ether oxygens (including phenoxy) is 1. The first-order valence-electron chi connectivity index (χ1n) is 11.3. The van der Waals surface area contributed by atoms with Crippen LogP contribution in [0.5, 0.6) is 5.75 Å². The molecule has 1 aromatic carbocycles. The van der Waals surface area contributed by atoms with Gasteiger partial charge in [0.2, 0.25) is 21.8 Å². The third-order valence-corrected chi connectivity index (χ3v) is 8.67. The Bertz CT molecular complexity index is 929. The van der Waals surface area contributed by atoms with Crippen LogP contribution in [0.25, 0.3) is 0 Å². The zero-order valence-electron chi connectivity index (χ0n) is 18.3. The molecule has 2 aliphatic carbocycles. The van der Waals surface area contributed by atoms with Crippen LogP contribution in [0, 0.1) is 17.8 Å². The molecule has 0 radical (unpaired) electrons. The molecule has 2 amide bonds. The second-order valence-corrected chi connectivity index (χ2v) is 11.0. The summed E-state index contributed by atoms with van der Waals surface area (Å²) in [6.45, 7) is 2.28. The second kappa shape index (κ2) is 8.90. The fraction of sp³-hybridized carbons (Fsp3) is 0.652. The van der Waals surface area contributed by atoms with Crippen molar-refractivity contribution in [3.05, 3.63) is 23.8 Å². The summed E-state index contributed by atoms with van der Waals surface area (Å²) in [5, 5.41) is 0. The number of likely N-dealkylation sites (tertiary alicyclic amines) is 1. The molecule has 2 atom stereocenters. The number of rotatable bonds is 6. The number of carbonyl (C=O) groups excluding carboxylic acids is 2. The monoisotopic (exact) mass is 448 g/mol. The molecule has 0 spiro atoms. The molecule has 1 heterocycles. The Kier molecular flexibility index (Phi) is 6.40. The molecule has 2 saturated carbocycles. The first-order valence-corrected chi connectivity index (χ1v) is 12.8. The Morgan fingerprint density at radius 3 is 2.19 bits per heavy atom. The minimum Gasteiger partial charge on any atom is -0.495 e. The van der Waals surface area contributed by atoms with Crippen molar-refractivity contribution in [2.24, 2.45) is 17.8 Å². The predicted octanol–water partition coefficient (Wildman–Crippen LogP) is 3.23. The molecule has 8 heteroatoms. The van der Waals surface area contributed by atoms with Crippen LogP contribution in [-0.2, 0) is 26.2 Å². The van der Waals surface area contributed by atoms with Gasteiger partial charge in [-0.05, 0) is 62.1 Å². The summed E-state index contributed by atoms with van der Waals surface area (Å²) in [6.07, 6.45) is 7.13. The van der Waals surface area contributed by atoms with Gasteiger partial charge in [-0.1, -0.05) is 25.8 Å². The van der Waals surface area contributed by atoms with Gasteiger partial charge in [-0.3, -0.25) is 14.5 Å². The van der Waals surface area contributed by atoms with Gasteiger partial charge in [-0.15, -0.1) is 0 Å². The molecule has 7 nitrogen and oxygen atoms in total. The average Bonchev–Trinajstić information content (AvgIpc) is 3.00. The normalized spacial score (nSPS) is 29.2. The summed E-state index contributed by atoms with van der Waals surface area (Å²) < 4.78 is 34.4. The van der Waals surface area contributed by atoms with Crippen molar-refractivity contribution < 1.29 is 22.7 Å². The SMILES string of the molecule is COc1ccc(CN2C(=O)[C@@H]3CCCC[C@H]3C2=O)cc1S(=O)(=O)NC1CCC(C)CC1. The Hall–Kier alpha value is -1.93. The van der Waals surface area contributed by atoms with E-state index in [0.29, 0.717) is 11.5 Å². The third kappa shape index (κ3) is 4.51. The molecule has 1 saturated heterocycles.